The molecular weight excluding hydrogens is 290 g/mol. The third kappa shape index (κ3) is 3.29. The molecule has 0 aromatic carbocycles. The minimum absolute atomic E-state index is 0.0218. The van der Waals surface area contributed by atoms with Crippen LogP contribution < -0.4 is 0 Å². The van der Waals surface area contributed by atoms with E-state index in [4.69, 9.17) is 5.11 Å². The first-order valence-corrected chi connectivity index (χ1v) is 10.0. The van der Waals surface area contributed by atoms with E-state index in [1.165, 1.54) is 4.31 Å². The van der Waals surface area contributed by atoms with Crippen molar-refractivity contribution in [2.45, 2.75) is 43.4 Å². The highest BCUT2D eigenvalue weighted by molar-refractivity contribution is 7.95. The Morgan fingerprint density at radius 2 is 2.00 bits per heavy atom. The minimum Gasteiger partial charge on any atom is -0.396 e. The van der Waals surface area contributed by atoms with Crippen LogP contribution in [0, 0.1) is 0 Å². The van der Waals surface area contributed by atoms with Crippen molar-refractivity contribution in [3.05, 3.63) is 0 Å². The summed E-state index contributed by atoms with van der Waals surface area (Å²) in [6.07, 6.45) is 3.07. The molecule has 2 aliphatic rings. The van der Waals surface area contributed by atoms with Crippen molar-refractivity contribution in [2.75, 3.05) is 24.7 Å². The van der Waals surface area contributed by atoms with Gasteiger partial charge in [-0.2, -0.15) is 4.31 Å². The van der Waals surface area contributed by atoms with Crippen molar-refractivity contribution in [1.29, 1.82) is 0 Å². The van der Waals surface area contributed by atoms with Crippen LogP contribution in [0.1, 0.15) is 32.1 Å². The van der Waals surface area contributed by atoms with Crippen LogP contribution >= 0.6 is 0 Å². The summed E-state index contributed by atoms with van der Waals surface area (Å²) in [6.45, 7) is 0.539. The molecule has 0 aromatic heterocycles. The van der Waals surface area contributed by atoms with Crippen LogP contribution in [0.3, 0.4) is 0 Å². The van der Waals surface area contributed by atoms with Crippen molar-refractivity contribution in [3.8, 4) is 0 Å². The monoisotopic (exact) mass is 311 g/mol. The third-order valence-corrected chi connectivity index (χ3v) is 8.32. The number of aliphatic hydroxyl groups excluding tert-OH is 1. The lowest BCUT2D eigenvalue weighted by Gasteiger charge is -2.26. The zero-order chi connectivity index (χ0) is 14.1. The molecule has 8 heteroatoms. The van der Waals surface area contributed by atoms with Crippen molar-refractivity contribution >= 4 is 19.9 Å². The molecule has 0 spiro atoms. The zero-order valence-electron chi connectivity index (χ0n) is 10.9. The van der Waals surface area contributed by atoms with Crippen LogP contribution in [0.4, 0.5) is 0 Å². The fourth-order valence-corrected chi connectivity index (χ4v) is 7.76. The van der Waals surface area contributed by atoms with Gasteiger partial charge < -0.3 is 5.11 Å². The highest BCUT2D eigenvalue weighted by atomic mass is 32.2. The SMILES string of the molecule is O=S1(=O)CCC(S(=O)(=O)N2CCCC2CCCO)C1. The molecule has 0 saturated carbocycles. The summed E-state index contributed by atoms with van der Waals surface area (Å²) in [5.74, 6) is -0.259. The molecule has 112 valence electrons. The molecule has 2 atom stereocenters. The van der Waals surface area contributed by atoms with Gasteiger partial charge in [0.05, 0.1) is 16.8 Å². The van der Waals surface area contributed by atoms with Gasteiger partial charge in [0.1, 0.15) is 0 Å². The van der Waals surface area contributed by atoms with Crippen LogP contribution in [0.25, 0.3) is 0 Å². The van der Waals surface area contributed by atoms with E-state index in [2.05, 4.69) is 0 Å². The molecule has 0 aliphatic carbocycles. The van der Waals surface area contributed by atoms with Gasteiger partial charge in [0.2, 0.25) is 10.0 Å². The average Bonchev–Trinajstić information content (AvgIpc) is 2.93. The Morgan fingerprint density at radius 1 is 1.26 bits per heavy atom. The Kier molecular flexibility index (Phi) is 4.54. The molecule has 2 saturated heterocycles. The lowest BCUT2D eigenvalue weighted by Crippen LogP contribution is -2.42. The van der Waals surface area contributed by atoms with E-state index in [-0.39, 0.29) is 30.6 Å². The van der Waals surface area contributed by atoms with Gasteiger partial charge in [0.15, 0.2) is 9.84 Å². The quantitative estimate of drug-likeness (QED) is 0.755. The first-order chi connectivity index (χ1) is 8.87. The predicted molar refractivity (Wildman–Crippen MR) is 72.0 cm³/mol. The summed E-state index contributed by atoms with van der Waals surface area (Å²) in [5, 5.41) is 8.08. The molecule has 0 radical (unpaired) electrons. The van der Waals surface area contributed by atoms with Gasteiger partial charge in [-0.15, -0.1) is 0 Å². The van der Waals surface area contributed by atoms with Gasteiger partial charge in [-0.05, 0) is 32.1 Å². The van der Waals surface area contributed by atoms with E-state index >= 15 is 0 Å². The average molecular weight is 311 g/mol. The largest absolute Gasteiger partial charge is 0.396 e. The summed E-state index contributed by atoms with van der Waals surface area (Å²) in [5.41, 5.74) is 0. The predicted octanol–water partition coefficient (Wildman–Crippen LogP) is -0.260. The standard InChI is InChI=1S/C11H21NO5S2/c13-7-2-4-10-3-1-6-12(10)19(16,17)11-5-8-18(14,15)9-11/h10-11,13H,1-9H2. The van der Waals surface area contributed by atoms with Gasteiger partial charge in [0, 0.05) is 19.2 Å². The van der Waals surface area contributed by atoms with E-state index in [0.717, 1.165) is 12.8 Å². The van der Waals surface area contributed by atoms with Crippen molar-refractivity contribution in [2.24, 2.45) is 0 Å². The summed E-state index contributed by atoms with van der Waals surface area (Å²) >= 11 is 0. The van der Waals surface area contributed by atoms with Gasteiger partial charge >= 0.3 is 0 Å². The molecule has 2 fully saturated rings. The molecule has 0 bridgehead atoms. The number of hydrogen-bond donors (Lipinski definition) is 1. The number of aliphatic hydroxyl groups is 1. The molecule has 6 nitrogen and oxygen atoms in total. The Morgan fingerprint density at radius 3 is 2.58 bits per heavy atom. The maximum atomic E-state index is 12.5. The first-order valence-electron chi connectivity index (χ1n) is 6.69. The number of sulfone groups is 1. The smallest absolute Gasteiger partial charge is 0.218 e. The van der Waals surface area contributed by atoms with Crippen LogP contribution in [0.5, 0.6) is 0 Å². The van der Waals surface area contributed by atoms with E-state index in [1.54, 1.807) is 0 Å². The summed E-state index contributed by atoms with van der Waals surface area (Å²) in [4.78, 5) is 0. The van der Waals surface area contributed by atoms with Crippen molar-refractivity contribution in [3.63, 3.8) is 0 Å². The third-order valence-electron chi connectivity index (χ3n) is 3.96. The summed E-state index contributed by atoms with van der Waals surface area (Å²) in [6, 6.07) is -0.0690. The van der Waals surface area contributed by atoms with Crippen molar-refractivity contribution in [1.82, 2.24) is 4.31 Å². The molecule has 2 unspecified atom stereocenters. The fourth-order valence-electron chi connectivity index (χ4n) is 2.95. The molecular formula is C11H21NO5S2. The fraction of sp³-hybridized carbons (Fsp3) is 1.00. The van der Waals surface area contributed by atoms with Gasteiger partial charge in [0.25, 0.3) is 0 Å². The van der Waals surface area contributed by atoms with E-state index < -0.39 is 25.1 Å². The maximum absolute atomic E-state index is 12.5. The second kappa shape index (κ2) is 5.67. The van der Waals surface area contributed by atoms with E-state index in [1.807, 2.05) is 0 Å². The van der Waals surface area contributed by atoms with Crippen LogP contribution in [-0.4, -0.2) is 62.2 Å². The normalized spacial score (nSPS) is 31.8. The van der Waals surface area contributed by atoms with Crippen LogP contribution in [0.15, 0.2) is 0 Å². The Labute approximate surface area is 114 Å². The second-order valence-electron chi connectivity index (χ2n) is 5.34. The number of hydrogen-bond acceptors (Lipinski definition) is 5. The van der Waals surface area contributed by atoms with Gasteiger partial charge in [-0.25, -0.2) is 16.8 Å². The Balaban J connectivity index is 2.11. The minimum atomic E-state index is -3.52. The van der Waals surface area contributed by atoms with Gasteiger partial charge in [-0.3, -0.25) is 0 Å². The topological polar surface area (TPSA) is 91.8 Å². The Hall–Kier alpha value is -0.180. The number of sulfonamides is 1. The molecule has 2 rings (SSSR count). The first kappa shape index (κ1) is 15.2. The second-order valence-corrected chi connectivity index (χ2v) is 9.74. The molecule has 19 heavy (non-hydrogen) atoms. The molecule has 0 amide bonds. The maximum Gasteiger partial charge on any atom is 0.218 e. The van der Waals surface area contributed by atoms with Crippen molar-refractivity contribution < 1.29 is 21.9 Å². The van der Waals surface area contributed by atoms with Gasteiger partial charge in [-0.1, -0.05) is 0 Å². The molecule has 1 N–H and O–H groups in total. The molecule has 0 aromatic rings. The van der Waals surface area contributed by atoms with Crippen LogP contribution in [0.2, 0.25) is 0 Å². The zero-order valence-corrected chi connectivity index (χ0v) is 12.5. The summed E-state index contributed by atoms with van der Waals surface area (Å²) < 4.78 is 49.4. The lowest BCUT2D eigenvalue weighted by atomic mass is 10.1. The number of rotatable bonds is 5. The molecule has 2 heterocycles. The highest BCUT2D eigenvalue weighted by Crippen LogP contribution is 2.30. The Bertz CT molecular complexity index is 513. The molecule has 2 aliphatic heterocycles. The highest BCUT2D eigenvalue weighted by Gasteiger charge is 2.43. The van der Waals surface area contributed by atoms with Crippen LogP contribution in [-0.2, 0) is 19.9 Å². The number of nitrogens with zero attached hydrogens (tertiary/aromatic N) is 1. The van der Waals surface area contributed by atoms with E-state index in [0.29, 0.717) is 19.4 Å². The van der Waals surface area contributed by atoms with E-state index in [9.17, 15) is 16.8 Å². The lowest BCUT2D eigenvalue weighted by molar-refractivity contribution is 0.263. The summed E-state index contributed by atoms with van der Waals surface area (Å²) in [7, 11) is -6.70.